The van der Waals surface area contributed by atoms with Gasteiger partial charge in [-0.3, -0.25) is 9.59 Å². The summed E-state index contributed by atoms with van der Waals surface area (Å²) in [4.78, 5) is 26.3. The van der Waals surface area contributed by atoms with Crippen LogP contribution in [0.3, 0.4) is 0 Å². The van der Waals surface area contributed by atoms with Gasteiger partial charge in [-0.25, -0.2) is 0 Å². The second kappa shape index (κ2) is 9.46. The fourth-order valence-electron chi connectivity index (χ4n) is 2.48. The molecule has 26 heavy (non-hydrogen) atoms. The summed E-state index contributed by atoms with van der Waals surface area (Å²) in [5.41, 5.74) is 2.10. The van der Waals surface area contributed by atoms with Gasteiger partial charge in [-0.2, -0.15) is 0 Å². The van der Waals surface area contributed by atoms with Crippen LogP contribution in [0, 0.1) is 0 Å². The molecule has 0 spiro atoms. The first-order valence-electron chi connectivity index (χ1n) is 8.32. The molecule has 0 aliphatic heterocycles. The lowest BCUT2D eigenvalue weighted by molar-refractivity contribution is -0.123. The lowest BCUT2D eigenvalue weighted by atomic mass is 10.2. The quantitative estimate of drug-likeness (QED) is 0.663. The molecule has 2 rings (SSSR count). The maximum absolute atomic E-state index is 12.1. The van der Waals surface area contributed by atoms with Crippen molar-refractivity contribution in [1.82, 2.24) is 0 Å². The highest BCUT2D eigenvalue weighted by Crippen LogP contribution is 2.25. The average molecular weight is 394 g/mol. The Bertz CT molecular complexity index is 775. The molecular weight excluding hydrogens is 373 g/mol. The Kier molecular flexibility index (Phi) is 7.30. The Labute approximate surface area is 163 Å². The molecule has 2 aromatic carbocycles. The molecule has 0 saturated carbocycles. The highest BCUT2D eigenvalue weighted by atomic mass is 35.5. The highest BCUT2D eigenvalue weighted by molar-refractivity contribution is 6.35. The van der Waals surface area contributed by atoms with Crippen LogP contribution < -0.4 is 15.5 Å². The SMILES string of the molecule is CCN(CC)c1ccc(NC(=O)CC(=O)Nc2cc(Cl)ccc2Cl)cc1. The first-order valence-corrected chi connectivity index (χ1v) is 9.08. The fourth-order valence-corrected chi connectivity index (χ4v) is 2.82. The van der Waals surface area contributed by atoms with Crippen molar-refractivity contribution in [1.29, 1.82) is 0 Å². The molecule has 2 aromatic rings. The summed E-state index contributed by atoms with van der Waals surface area (Å²) in [6.45, 7) is 6.00. The molecule has 0 aromatic heterocycles. The van der Waals surface area contributed by atoms with Crippen molar-refractivity contribution in [3.63, 3.8) is 0 Å². The van der Waals surface area contributed by atoms with E-state index in [1.165, 1.54) is 6.07 Å². The number of nitrogens with zero attached hydrogens (tertiary/aromatic N) is 1. The van der Waals surface area contributed by atoms with Crippen molar-refractivity contribution in [3.05, 3.63) is 52.5 Å². The predicted molar refractivity (Wildman–Crippen MR) is 108 cm³/mol. The molecule has 0 fully saturated rings. The molecule has 0 aliphatic carbocycles. The van der Waals surface area contributed by atoms with Crippen molar-refractivity contribution in [3.8, 4) is 0 Å². The number of carbonyl (C=O) groups is 2. The van der Waals surface area contributed by atoms with Crippen LogP contribution in [0.2, 0.25) is 10.0 Å². The Balaban J connectivity index is 1.91. The van der Waals surface area contributed by atoms with Crippen LogP contribution in [-0.2, 0) is 9.59 Å². The number of rotatable bonds is 7. The largest absolute Gasteiger partial charge is 0.372 e. The molecule has 7 heteroatoms. The summed E-state index contributed by atoms with van der Waals surface area (Å²) in [6, 6.07) is 12.2. The fraction of sp³-hybridized carbons (Fsp3) is 0.263. The zero-order valence-corrected chi connectivity index (χ0v) is 16.2. The van der Waals surface area contributed by atoms with E-state index in [0.29, 0.717) is 21.4 Å². The monoisotopic (exact) mass is 393 g/mol. The van der Waals surface area contributed by atoms with Gasteiger partial charge in [-0.05, 0) is 56.3 Å². The van der Waals surface area contributed by atoms with E-state index in [0.717, 1.165) is 18.8 Å². The van der Waals surface area contributed by atoms with E-state index in [-0.39, 0.29) is 6.42 Å². The van der Waals surface area contributed by atoms with Crippen molar-refractivity contribution in [2.24, 2.45) is 0 Å². The van der Waals surface area contributed by atoms with Crippen molar-refractivity contribution in [2.45, 2.75) is 20.3 Å². The van der Waals surface area contributed by atoms with Gasteiger partial charge in [-0.1, -0.05) is 23.2 Å². The van der Waals surface area contributed by atoms with Gasteiger partial charge in [-0.15, -0.1) is 0 Å². The number of nitrogens with one attached hydrogen (secondary N) is 2. The topological polar surface area (TPSA) is 61.4 Å². The van der Waals surface area contributed by atoms with Gasteiger partial charge in [0.05, 0.1) is 10.7 Å². The molecule has 0 heterocycles. The zero-order valence-electron chi connectivity index (χ0n) is 14.7. The minimum absolute atomic E-state index is 0.319. The van der Waals surface area contributed by atoms with E-state index in [1.807, 2.05) is 24.3 Å². The van der Waals surface area contributed by atoms with Gasteiger partial charge in [0.2, 0.25) is 11.8 Å². The average Bonchev–Trinajstić information content (AvgIpc) is 2.60. The molecule has 2 amide bonds. The lowest BCUT2D eigenvalue weighted by Crippen LogP contribution is -2.22. The standard InChI is InChI=1S/C19H21Cl2N3O2/c1-3-24(4-2)15-8-6-14(7-9-15)22-18(25)12-19(26)23-17-11-13(20)5-10-16(17)21/h5-11H,3-4,12H2,1-2H3,(H,22,25)(H,23,26). The van der Waals surface area contributed by atoms with Gasteiger partial charge in [0, 0.05) is 29.5 Å². The van der Waals surface area contributed by atoms with E-state index >= 15 is 0 Å². The van der Waals surface area contributed by atoms with Crippen molar-refractivity contribution < 1.29 is 9.59 Å². The lowest BCUT2D eigenvalue weighted by Gasteiger charge is -2.21. The molecule has 0 bridgehead atoms. The number of halogens is 2. The summed E-state index contributed by atoms with van der Waals surface area (Å²) >= 11 is 11.9. The number of anilines is 3. The van der Waals surface area contributed by atoms with Crippen molar-refractivity contribution in [2.75, 3.05) is 28.6 Å². The van der Waals surface area contributed by atoms with E-state index in [4.69, 9.17) is 23.2 Å². The normalized spacial score (nSPS) is 10.3. The summed E-state index contributed by atoms with van der Waals surface area (Å²) in [5.74, 6) is -0.873. The molecule has 138 valence electrons. The van der Waals surface area contributed by atoms with Crippen LogP contribution in [0.25, 0.3) is 0 Å². The minimum Gasteiger partial charge on any atom is -0.372 e. The third kappa shape index (κ3) is 5.64. The first kappa shape index (κ1) is 20.1. The maximum atomic E-state index is 12.1. The second-order valence-electron chi connectivity index (χ2n) is 5.62. The third-order valence-electron chi connectivity index (χ3n) is 3.80. The van der Waals surface area contributed by atoms with E-state index < -0.39 is 11.8 Å². The van der Waals surface area contributed by atoms with Gasteiger partial charge in [0.15, 0.2) is 0 Å². The molecule has 0 aliphatic rings. The van der Waals surface area contributed by atoms with Crippen LogP contribution in [0.5, 0.6) is 0 Å². The van der Waals surface area contributed by atoms with Crippen LogP contribution in [0.1, 0.15) is 20.3 Å². The highest BCUT2D eigenvalue weighted by Gasteiger charge is 2.12. The Morgan fingerprint density at radius 2 is 1.54 bits per heavy atom. The molecule has 2 N–H and O–H groups in total. The number of benzene rings is 2. The van der Waals surface area contributed by atoms with Crippen LogP contribution in [0.4, 0.5) is 17.1 Å². The maximum Gasteiger partial charge on any atom is 0.233 e. The van der Waals surface area contributed by atoms with Gasteiger partial charge in [0.1, 0.15) is 6.42 Å². The summed E-state index contributed by atoms with van der Waals surface area (Å²) in [7, 11) is 0. The molecule has 0 atom stereocenters. The van der Waals surface area contributed by atoms with Gasteiger partial charge in [0.25, 0.3) is 0 Å². The first-order chi connectivity index (χ1) is 12.4. The third-order valence-corrected chi connectivity index (χ3v) is 4.37. The second-order valence-corrected chi connectivity index (χ2v) is 6.46. The molecule has 0 saturated heterocycles. The number of amides is 2. The number of carbonyl (C=O) groups excluding carboxylic acids is 2. The van der Waals surface area contributed by atoms with Crippen LogP contribution in [0.15, 0.2) is 42.5 Å². The van der Waals surface area contributed by atoms with Crippen molar-refractivity contribution >= 4 is 52.1 Å². The zero-order chi connectivity index (χ0) is 19.1. The molecular formula is C19H21Cl2N3O2. The summed E-state index contributed by atoms with van der Waals surface area (Å²) < 4.78 is 0. The molecule has 0 unspecified atom stereocenters. The molecule has 5 nitrogen and oxygen atoms in total. The van der Waals surface area contributed by atoms with Crippen LogP contribution in [-0.4, -0.2) is 24.9 Å². The van der Waals surface area contributed by atoms with E-state index in [1.54, 1.807) is 12.1 Å². The Morgan fingerprint density at radius 3 is 2.15 bits per heavy atom. The van der Waals surface area contributed by atoms with Crippen LogP contribution >= 0.6 is 23.2 Å². The summed E-state index contributed by atoms with van der Waals surface area (Å²) in [5, 5.41) is 6.10. The van der Waals surface area contributed by atoms with Gasteiger partial charge >= 0.3 is 0 Å². The summed E-state index contributed by atoms with van der Waals surface area (Å²) in [6.07, 6.45) is -0.319. The van der Waals surface area contributed by atoms with E-state index in [2.05, 4.69) is 29.4 Å². The van der Waals surface area contributed by atoms with Gasteiger partial charge < -0.3 is 15.5 Å². The van der Waals surface area contributed by atoms with E-state index in [9.17, 15) is 9.59 Å². The Hall–Kier alpha value is -2.24. The number of hydrogen-bond acceptors (Lipinski definition) is 3. The predicted octanol–water partition coefficient (Wildman–Crippen LogP) is 4.81. The smallest absolute Gasteiger partial charge is 0.233 e. The minimum atomic E-state index is -0.466. The number of hydrogen-bond donors (Lipinski definition) is 2. The Morgan fingerprint density at radius 1 is 0.923 bits per heavy atom. The molecule has 0 radical (unpaired) electrons.